The number of aromatic hydroxyl groups is 2. The number of aromatic carboxylic acids is 2. The number of carboxylic acid groups (broad SMARTS) is 2. The molecule has 0 aliphatic heterocycles. The fourth-order valence-corrected chi connectivity index (χ4v) is 2.01. The Labute approximate surface area is 135 Å². The number of carboxylic acids is 2. The number of benzene rings is 2. The number of hydrogen-bond acceptors (Lipinski definition) is 6. The highest BCUT2D eigenvalue weighted by atomic mass is 32.2. The number of phenols is 2. The van der Waals surface area contributed by atoms with Crippen molar-refractivity contribution in [3.05, 3.63) is 53.6 Å². The summed E-state index contributed by atoms with van der Waals surface area (Å²) in [7, 11) is -4.45. The van der Waals surface area contributed by atoms with E-state index in [0.29, 0.717) is 6.07 Å². The largest absolute Gasteiger partial charge is 0.507 e. The minimum atomic E-state index is -4.45. The number of hydrogen-bond donors (Lipinski definition) is 5. The first kappa shape index (κ1) is 18.9. The summed E-state index contributed by atoms with van der Waals surface area (Å²) in [5.41, 5.74) is -0.650. The van der Waals surface area contributed by atoms with Crippen LogP contribution in [0.5, 0.6) is 11.5 Å². The Bertz CT molecular complexity index is 872. The van der Waals surface area contributed by atoms with Gasteiger partial charge >= 0.3 is 11.9 Å². The van der Waals surface area contributed by atoms with Crippen molar-refractivity contribution in [3.8, 4) is 11.5 Å². The summed E-state index contributed by atoms with van der Waals surface area (Å²) in [5, 5.41) is 34.8. The van der Waals surface area contributed by atoms with Crippen LogP contribution < -0.4 is 0 Å². The van der Waals surface area contributed by atoms with Crippen molar-refractivity contribution >= 4 is 22.1 Å². The van der Waals surface area contributed by atoms with Gasteiger partial charge in [-0.05, 0) is 30.3 Å². The summed E-state index contributed by atoms with van der Waals surface area (Å²) < 4.78 is 29.8. The van der Waals surface area contributed by atoms with E-state index in [9.17, 15) is 18.0 Å². The van der Waals surface area contributed by atoms with Gasteiger partial charge in [-0.1, -0.05) is 12.1 Å². The second-order valence-electron chi connectivity index (χ2n) is 4.28. The molecular weight excluding hydrogens is 344 g/mol. The third kappa shape index (κ3) is 4.97. The van der Waals surface area contributed by atoms with E-state index in [0.717, 1.165) is 12.1 Å². The van der Waals surface area contributed by atoms with Gasteiger partial charge in [-0.3, -0.25) is 4.55 Å². The predicted molar refractivity (Wildman–Crippen MR) is 79.9 cm³/mol. The van der Waals surface area contributed by atoms with Gasteiger partial charge < -0.3 is 20.4 Å². The molecule has 0 saturated carbocycles. The van der Waals surface area contributed by atoms with Crippen LogP contribution in [0, 0.1) is 0 Å². The summed E-state index contributed by atoms with van der Waals surface area (Å²) >= 11 is 0. The van der Waals surface area contributed by atoms with Crippen LogP contribution in [0.4, 0.5) is 0 Å². The van der Waals surface area contributed by atoms with E-state index in [2.05, 4.69) is 0 Å². The molecule has 24 heavy (non-hydrogen) atoms. The van der Waals surface area contributed by atoms with Crippen molar-refractivity contribution in [2.75, 3.05) is 0 Å². The summed E-state index contributed by atoms with van der Waals surface area (Å²) in [4.78, 5) is 20.2. The van der Waals surface area contributed by atoms with Crippen molar-refractivity contribution in [2.45, 2.75) is 4.90 Å². The molecule has 0 saturated heterocycles. The molecule has 2 aromatic rings. The molecule has 0 bridgehead atoms. The zero-order valence-corrected chi connectivity index (χ0v) is 12.6. The molecule has 9 nitrogen and oxygen atoms in total. The Morgan fingerprint density at radius 1 is 0.792 bits per heavy atom. The van der Waals surface area contributed by atoms with E-state index >= 15 is 0 Å². The van der Waals surface area contributed by atoms with Crippen molar-refractivity contribution in [3.63, 3.8) is 0 Å². The second kappa shape index (κ2) is 7.44. The van der Waals surface area contributed by atoms with Crippen LogP contribution in [-0.2, 0) is 10.1 Å². The molecule has 0 aromatic heterocycles. The zero-order chi connectivity index (χ0) is 18.5. The summed E-state index contributed by atoms with van der Waals surface area (Å²) in [6.07, 6.45) is 0. The number of rotatable bonds is 3. The van der Waals surface area contributed by atoms with Crippen molar-refractivity contribution in [2.24, 2.45) is 0 Å². The molecule has 0 radical (unpaired) electrons. The topological polar surface area (TPSA) is 169 Å². The van der Waals surface area contributed by atoms with E-state index in [4.69, 9.17) is 25.0 Å². The summed E-state index contributed by atoms with van der Waals surface area (Å²) in [5.74, 6) is -3.36. The lowest BCUT2D eigenvalue weighted by Gasteiger charge is -2.01. The molecule has 5 N–H and O–H groups in total. The number of para-hydroxylation sites is 1. The van der Waals surface area contributed by atoms with Gasteiger partial charge in [-0.25, -0.2) is 9.59 Å². The van der Waals surface area contributed by atoms with E-state index < -0.39 is 38.3 Å². The van der Waals surface area contributed by atoms with Gasteiger partial charge in [0.25, 0.3) is 10.1 Å². The monoisotopic (exact) mass is 356 g/mol. The smallest absolute Gasteiger partial charge is 0.339 e. The fraction of sp³-hybridized carbons (Fsp3) is 0. The van der Waals surface area contributed by atoms with Crippen LogP contribution in [0.1, 0.15) is 20.7 Å². The minimum Gasteiger partial charge on any atom is -0.507 e. The standard InChI is InChI=1S/C7H6O6S.C7H6O3/c8-6-2-1-4(14(11,12)13)3-5(6)7(9)10;8-6-4-2-1-3-5(6)7(9)10/h1-3,8H,(H,9,10)(H,11,12,13);1-4,8H,(H,9,10). The molecule has 2 rings (SSSR count). The zero-order valence-electron chi connectivity index (χ0n) is 11.8. The molecule has 0 spiro atoms. The van der Waals surface area contributed by atoms with Crippen LogP contribution in [0.2, 0.25) is 0 Å². The molecule has 2 aromatic carbocycles. The lowest BCUT2D eigenvalue weighted by atomic mass is 10.2. The normalized spacial score (nSPS) is 10.4. The van der Waals surface area contributed by atoms with Gasteiger partial charge in [0.05, 0.1) is 4.90 Å². The van der Waals surface area contributed by atoms with Gasteiger partial charge in [0.2, 0.25) is 0 Å². The Morgan fingerprint density at radius 3 is 1.71 bits per heavy atom. The lowest BCUT2D eigenvalue weighted by Crippen LogP contribution is -2.02. The molecule has 0 aliphatic carbocycles. The van der Waals surface area contributed by atoms with Crippen LogP contribution in [0.15, 0.2) is 47.4 Å². The molecule has 0 unspecified atom stereocenters. The average molecular weight is 356 g/mol. The van der Waals surface area contributed by atoms with Crippen molar-refractivity contribution < 1.29 is 43.0 Å². The molecule has 0 atom stereocenters. The van der Waals surface area contributed by atoms with Crippen molar-refractivity contribution in [1.29, 1.82) is 0 Å². The second-order valence-corrected chi connectivity index (χ2v) is 5.70. The highest BCUT2D eigenvalue weighted by Crippen LogP contribution is 2.20. The Hall–Kier alpha value is -3.11. The predicted octanol–water partition coefficient (Wildman–Crippen LogP) is 1.43. The van der Waals surface area contributed by atoms with Crippen LogP contribution in [0.25, 0.3) is 0 Å². The lowest BCUT2D eigenvalue weighted by molar-refractivity contribution is 0.0682. The molecule has 10 heteroatoms. The third-order valence-electron chi connectivity index (χ3n) is 2.63. The Kier molecular flexibility index (Phi) is 5.87. The average Bonchev–Trinajstić information content (AvgIpc) is 2.47. The maximum atomic E-state index is 10.6. The van der Waals surface area contributed by atoms with Crippen LogP contribution >= 0.6 is 0 Å². The van der Waals surface area contributed by atoms with Gasteiger partial charge in [-0.2, -0.15) is 8.42 Å². The molecule has 128 valence electrons. The first-order valence-corrected chi connectivity index (χ1v) is 7.53. The van der Waals surface area contributed by atoms with Crippen molar-refractivity contribution in [1.82, 2.24) is 0 Å². The van der Waals surface area contributed by atoms with Gasteiger partial charge in [-0.15, -0.1) is 0 Å². The van der Waals surface area contributed by atoms with E-state index in [-0.39, 0.29) is 11.3 Å². The highest BCUT2D eigenvalue weighted by Gasteiger charge is 2.16. The first-order valence-electron chi connectivity index (χ1n) is 6.09. The molecule has 0 aliphatic rings. The number of carbonyl (C=O) groups is 2. The molecule has 0 fully saturated rings. The van der Waals surface area contributed by atoms with E-state index in [1.807, 2.05) is 0 Å². The summed E-state index contributed by atoms with van der Waals surface area (Å²) in [6.45, 7) is 0. The first-order chi connectivity index (χ1) is 11.0. The van der Waals surface area contributed by atoms with Gasteiger partial charge in [0.1, 0.15) is 22.6 Å². The van der Waals surface area contributed by atoms with Gasteiger partial charge in [0.15, 0.2) is 0 Å². The molecule has 0 heterocycles. The Balaban J connectivity index is 0.000000254. The fourth-order valence-electron chi connectivity index (χ4n) is 1.50. The van der Waals surface area contributed by atoms with Crippen LogP contribution in [-0.4, -0.2) is 45.3 Å². The quantitative estimate of drug-likeness (QED) is 0.510. The Morgan fingerprint density at radius 2 is 1.29 bits per heavy atom. The van der Waals surface area contributed by atoms with Gasteiger partial charge in [0, 0.05) is 0 Å². The SMILES string of the molecule is O=C(O)c1cc(S(=O)(=O)O)ccc1O.O=C(O)c1ccccc1O. The maximum absolute atomic E-state index is 10.6. The van der Waals surface area contributed by atoms with E-state index in [1.54, 1.807) is 12.1 Å². The summed E-state index contributed by atoms with van der Waals surface area (Å²) in [6, 6.07) is 8.27. The highest BCUT2D eigenvalue weighted by molar-refractivity contribution is 7.85. The van der Waals surface area contributed by atoms with E-state index in [1.165, 1.54) is 12.1 Å². The third-order valence-corrected chi connectivity index (χ3v) is 3.48. The minimum absolute atomic E-state index is 0.0671. The maximum Gasteiger partial charge on any atom is 0.339 e. The molecule has 0 amide bonds. The van der Waals surface area contributed by atoms with Crippen LogP contribution in [0.3, 0.4) is 0 Å². The molecular formula is C14H12O9S.